The van der Waals surface area contributed by atoms with Gasteiger partial charge >= 0.3 is 0 Å². The van der Waals surface area contributed by atoms with Gasteiger partial charge in [-0.25, -0.2) is 0 Å². The minimum atomic E-state index is 0.0951. The summed E-state index contributed by atoms with van der Waals surface area (Å²) < 4.78 is 6.94. The van der Waals surface area contributed by atoms with E-state index in [-0.39, 0.29) is 5.38 Å². The standard InChI is InChI=1S/C11H19ClN2O/c1-3-11(12)10-8-13-14(9-10)6-4-5-7-15-2/h8-9,11H,3-7H2,1-2H3. The summed E-state index contributed by atoms with van der Waals surface area (Å²) in [5.41, 5.74) is 1.12. The van der Waals surface area contributed by atoms with Crippen LogP contribution in [0, 0.1) is 0 Å². The molecule has 1 aromatic heterocycles. The van der Waals surface area contributed by atoms with Crippen LogP contribution in [-0.2, 0) is 11.3 Å². The van der Waals surface area contributed by atoms with Gasteiger partial charge in [0, 0.05) is 32.0 Å². The number of aromatic nitrogens is 2. The van der Waals surface area contributed by atoms with Crippen molar-refractivity contribution in [2.45, 2.75) is 38.1 Å². The fraction of sp³-hybridized carbons (Fsp3) is 0.727. The van der Waals surface area contributed by atoms with Crippen LogP contribution >= 0.6 is 11.6 Å². The summed E-state index contributed by atoms with van der Waals surface area (Å²) in [6.07, 6.45) is 7.00. The predicted octanol–water partition coefficient (Wildman–Crippen LogP) is 3.00. The second-order valence-electron chi connectivity index (χ2n) is 3.61. The molecular weight excluding hydrogens is 212 g/mol. The van der Waals surface area contributed by atoms with Crippen LogP contribution in [0.5, 0.6) is 0 Å². The molecule has 0 aliphatic carbocycles. The number of nitrogens with zero attached hydrogens (tertiary/aromatic N) is 2. The molecule has 1 aromatic rings. The van der Waals surface area contributed by atoms with Gasteiger partial charge in [0.1, 0.15) is 0 Å². The summed E-state index contributed by atoms with van der Waals surface area (Å²) in [5.74, 6) is 0. The summed E-state index contributed by atoms with van der Waals surface area (Å²) in [7, 11) is 1.73. The van der Waals surface area contributed by atoms with Crippen LogP contribution in [0.2, 0.25) is 0 Å². The fourth-order valence-corrected chi connectivity index (χ4v) is 1.53. The van der Waals surface area contributed by atoms with E-state index in [0.29, 0.717) is 0 Å². The second-order valence-corrected chi connectivity index (χ2v) is 4.14. The topological polar surface area (TPSA) is 27.1 Å². The van der Waals surface area contributed by atoms with Crippen LogP contribution in [0.3, 0.4) is 0 Å². The third-order valence-electron chi connectivity index (χ3n) is 2.36. The minimum Gasteiger partial charge on any atom is -0.385 e. The molecule has 86 valence electrons. The Morgan fingerprint density at radius 2 is 2.33 bits per heavy atom. The Morgan fingerprint density at radius 3 is 3.00 bits per heavy atom. The quantitative estimate of drug-likeness (QED) is 0.532. The number of unbranched alkanes of at least 4 members (excludes halogenated alkanes) is 1. The second kappa shape index (κ2) is 6.85. The molecule has 1 unspecified atom stereocenters. The van der Waals surface area contributed by atoms with Gasteiger partial charge in [0.05, 0.1) is 11.6 Å². The summed E-state index contributed by atoms with van der Waals surface area (Å²) in [6, 6.07) is 0. The highest BCUT2D eigenvalue weighted by Gasteiger charge is 2.07. The largest absolute Gasteiger partial charge is 0.385 e. The zero-order valence-corrected chi connectivity index (χ0v) is 10.2. The molecule has 0 aliphatic heterocycles. The van der Waals surface area contributed by atoms with Crippen LogP contribution in [0.4, 0.5) is 0 Å². The van der Waals surface area contributed by atoms with E-state index in [9.17, 15) is 0 Å². The molecule has 0 fully saturated rings. The molecule has 0 N–H and O–H groups in total. The van der Waals surface area contributed by atoms with E-state index < -0.39 is 0 Å². The number of alkyl halides is 1. The van der Waals surface area contributed by atoms with E-state index in [2.05, 4.69) is 12.0 Å². The molecule has 0 radical (unpaired) electrons. The van der Waals surface area contributed by atoms with E-state index >= 15 is 0 Å². The summed E-state index contributed by atoms with van der Waals surface area (Å²) in [5, 5.41) is 4.37. The number of methoxy groups -OCH3 is 1. The van der Waals surface area contributed by atoms with Crippen LogP contribution in [0.15, 0.2) is 12.4 Å². The average molecular weight is 231 g/mol. The molecule has 0 spiro atoms. The lowest BCUT2D eigenvalue weighted by molar-refractivity contribution is 0.191. The highest BCUT2D eigenvalue weighted by Crippen LogP contribution is 2.22. The molecule has 15 heavy (non-hydrogen) atoms. The summed E-state index contributed by atoms with van der Waals surface area (Å²) in [4.78, 5) is 0. The van der Waals surface area contributed by atoms with Gasteiger partial charge in [-0.3, -0.25) is 4.68 Å². The lowest BCUT2D eigenvalue weighted by Gasteiger charge is -2.02. The Morgan fingerprint density at radius 1 is 1.53 bits per heavy atom. The molecule has 1 rings (SSSR count). The molecule has 0 aliphatic rings. The van der Waals surface area contributed by atoms with Gasteiger partial charge in [-0.15, -0.1) is 11.6 Å². The minimum absolute atomic E-state index is 0.0951. The third-order valence-corrected chi connectivity index (χ3v) is 2.92. The maximum absolute atomic E-state index is 6.11. The Balaban J connectivity index is 2.33. The molecule has 0 bridgehead atoms. The highest BCUT2D eigenvalue weighted by atomic mass is 35.5. The van der Waals surface area contributed by atoms with Crippen molar-refractivity contribution in [3.8, 4) is 0 Å². The molecule has 0 aromatic carbocycles. The van der Waals surface area contributed by atoms with Gasteiger partial charge in [0.25, 0.3) is 0 Å². The van der Waals surface area contributed by atoms with Crippen molar-refractivity contribution in [3.63, 3.8) is 0 Å². The Bertz CT molecular complexity index is 275. The molecule has 0 amide bonds. The first-order valence-electron chi connectivity index (χ1n) is 5.43. The first-order valence-corrected chi connectivity index (χ1v) is 5.87. The SMILES string of the molecule is CCC(Cl)c1cnn(CCCCOC)c1. The van der Waals surface area contributed by atoms with Gasteiger partial charge in [0.2, 0.25) is 0 Å². The van der Waals surface area contributed by atoms with Gasteiger partial charge in [-0.1, -0.05) is 6.92 Å². The lowest BCUT2D eigenvalue weighted by Crippen LogP contribution is -2.00. The zero-order chi connectivity index (χ0) is 11.1. The molecule has 4 heteroatoms. The number of halogens is 1. The van der Waals surface area contributed by atoms with Crippen LogP contribution in [0.1, 0.15) is 37.1 Å². The van der Waals surface area contributed by atoms with Crippen molar-refractivity contribution in [2.75, 3.05) is 13.7 Å². The van der Waals surface area contributed by atoms with Crippen molar-refractivity contribution in [1.82, 2.24) is 9.78 Å². The molecule has 0 saturated carbocycles. The summed E-state index contributed by atoms with van der Waals surface area (Å²) in [6.45, 7) is 3.84. The predicted molar refractivity (Wildman–Crippen MR) is 62.2 cm³/mol. The normalized spacial score (nSPS) is 13.0. The lowest BCUT2D eigenvalue weighted by atomic mass is 10.2. The van der Waals surface area contributed by atoms with Crippen molar-refractivity contribution in [2.24, 2.45) is 0 Å². The highest BCUT2D eigenvalue weighted by molar-refractivity contribution is 6.20. The number of hydrogen-bond donors (Lipinski definition) is 0. The van der Waals surface area contributed by atoms with Crippen molar-refractivity contribution < 1.29 is 4.74 Å². The van der Waals surface area contributed by atoms with Crippen LogP contribution < -0.4 is 0 Å². The van der Waals surface area contributed by atoms with E-state index in [1.807, 2.05) is 17.1 Å². The van der Waals surface area contributed by atoms with Gasteiger partial charge in [0.15, 0.2) is 0 Å². The Hall–Kier alpha value is -0.540. The zero-order valence-electron chi connectivity index (χ0n) is 9.45. The molecule has 0 saturated heterocycles. The van der Waals surface area contributed by atoms with E-state index in [1.54, 1.807) is 7.11 Å². The van der Waals surface area contributed by atoms with Gasteiger partial charge < -0.3 is 4.74 Å². The third kappa shape index (κ3) is 4.22. The molecule has 1 heterocycles. The van der Waals surface area contributed by atoms with Crippen LogP contribution in [0.25, 0.3) is 0 Å². The number of aryl methyl sites for hydroxylation is 1. The first-order chi connectivity index (χ1) is 7.27. The maximum Gasteiger partial charge on any atom is 0.0613 e. The fourth-order valence-electron chi connectivity index (χ4n) is 1.42. The van der Waals surface area contributed by atoms with Crippen molar-refractivity contribution in [3.05, 3.63) is 18.0 Å². The molecule has 3 nitrogen and oxygen atoms in total. The van der Waals surface area contributed by atoms with Crippen LogP contribution in [-0.4, -0.2) is 23.5 Å². The van der Waals surface area contributed by atoms with E-state index in [0.717, 1.165) is 38.0 Å². The average Bonchev–Trinajstić information content (AvgIpc) is 2.72. The first kappa shape index (κ1) is 12.5. The van der Waals surface area contributed by atoms with Crippen molar-refractivity contribution >= 4 is 11.6 Å². The monoisotopic (exact) mass is 230 g/mol. The van der Waals surface area contributed by atoms with Gasteiger partial charge in [-0.2, -0.15) is 5.10 Å². The number of ether oxygens (including phenoxy) is 1. The molecular formula is C11H19ClN2O. The maximum atomic E-state index is 6.11. The van der Waals surface area contributed by atoms with E-state index in [4.69, 9.17) is 16.3 Å². The number of rotatable bonds is 7. The summed E-state index contributed by atoms with van der Waals surface area (Å²) >= 11 is 6.11. The van der Waals surface area contributed by atoms with Gasteiger partial charge in [-0.05, 0) is 19.3 Å². The smallest absolute Gasteiger partial charge is 0.0613 e. The number of hydrogen-bond acceptors (Lipinski definition) is 2. The molecule has 1 atom stereocenters. The van der Waals surface area contributed by atoms with E-state index in [1.165, 1.54) is 0 Å². The van der Waals surface area contributed by atoms with Crippen molar-refractivity contribution in [1.29, 1.82) is 0 Å². The Labute approximate surface area is 96.4 Å². The Kier molecular flexibility index (Phi) is 5.73.